The molecule has 3 rings (SSSR count). The summed E-state index contributed by atoms with van der Waals surface area (Å²) in [7, 11) is 1.47. The van der Waals surface area contributed by atoms with E-state index < -0.39 is 23.6 Å². The van der Waals surface area contributed by atoms with Gasteiger partial charge in [0.2, 0.25) is 5.91 Å². The maximum Gasteiger partial charge on any atom is 0.294 e. The molecule has 0 atom stereocenters. The summed E-state index contributed by atoms with van der Waals surface area (Å²) >= 11 is 10.1. The van der Waals surface area contributed by atoms with Gasteiger partial charge in [-0.25, -0.2) is 0 Å². The minimum absolute atomic E-state index is 0.0595. The number of imide groups is 1. The van der Waals surface area contributed by atoms with E-state index in [1.165, 1.54) is 7.11 Å². The highest BCUT2D eigenvalue weighted by Gasteiger charge is 2.36. The summed E-state index contributed by atoms with van der Waals surface area (Å²) in [5, 5.41) is 2.60. The van der Waals surface area contributed by atoms with Gasteiger partial charge in [0.25, 0.3) is 11.1 Å². The first-order chi connectivity index (χ1) is 15.7. The molecule has 1 aliphatic rings. The molecule has 170 valence electrons. The van der Waals surface area contributed by atoms with Gasteiger partial charge < -0.3 is 14.8 Å². The maximum atomic E-state index is 12.8. The number of carbonyl (C=O) groups excluding carboxylic acids is 3. The number of hydrogen-bond acceptors (Lipinski definition) is 6. The highest BCUT2D eigenvalue weighted by atomic mass is 79.9. The van der Waals surface area contributed by atoms with Gasteiger partial charge in [0.1, 0.15) is 13.2 Å². The molecular formula is C23H18BrClN2O5S. The molecule has 1 saturated heterocycles. The predicted octanol–water partition coefficient (Wildman–Crippen LogP) is 5.11. The molecule has 0 aliphatic carbocycles. The van der Waals surface area contributed by atoms with Crippen molar-refractivity contribution in [1.29, 1.82) is 0 Å². The van der Waals surface area contributed by atoms with E-state index in [1.54, 1.807) is 36.4 Å². The van der Waals surface area contributed by atoms with Crippen LogP contribution in [0, 0.1) is 19.3 Å². The lowest BCUT2D eigenvalue weighted by Gasteiger charge is -2.14. The van der Waals surface area contributed by atoms with Crippen molar-refractivity contribution < 1.29 is 23.9 Å². The fourth-order valence-electron chi connectivity index (χ4n) is 2.93. The van der Waals surface area contributed by atoms with Crippen molar-refractivity contribution in [3.8, 4) is 23.8 Å². The van der Waals surface area contributed by atoms with Gasteiger partial charge in [0.05, 0.1) is 16.5 Å². The van der Waals surface area contributed by atoms with Crippen LogP contribution in [-0.4, -0.2) is 42.2 Å². The lowest BCUT2D eigenvalue weighted by Crippen LogP contribution is -2.36. The second kappa shape index (κ2) is 10.8. The number of halogens is 2. The van der Waals surface area contributed by atoms with Crippen LogP contribution in [0.4, 0.5) is 10.5 Å². The highest BCUT2D eigenvalue weighted by molar-refractivity contribution is 9.10. The van der Waals surface area contributed by atoms with Gasteiger partial charge in [-0.15, -0.1) is 6.42 Å². The molecule has 1 heterocycles. The van der Waals surface area contributed by atoms with Crippen LogP contribution in [0.25, 0.3) is 6.08 Å². The summed E-state index contributed by atoms with van der Waals surface area (Å²) in [6.45, 7) is 1.45. The number of aryl methyl sites for hydroxylation is 1. The summed E-state index contributed by atoms with van der Waals surface area (Å²) in [6, 6.07) is 8.42. The predicted molar refractivity (Wildman–Crippen MR) is 133 cm³/mol. The summed E-state index contributed by atoms with van der Waals surface area (Å²) in [5.74, 6) is 2.13. The average Bonchev–Trinajstić information content (AvgIpc) is 3.02. The molecule has 1 fully saturated rings. The Hall–Kier alpha value is -2.93. The van der Waals surface area contributed by atoms with Gasteiger partial charge in [-0.05, 0) is 76.1 Å². The summed E-state index contributed by atoms with van der Waals surface area (Å²) < 4.78 is 11.4. The zero-order valence-electron chi connectivity index (χ0n) is 17.6. The molecule has 0 bridgehead atoms. The van der Waals surface area contributed by atoms with Crippen LogP contribution in [0.2, 0.25) is 5.02 Å². The molecule has 0 saturated carbocycles. The Morgan fingerprint density at radius 1 is 1.33 bits per heavy atom. The molecule has 0 unspecified atom stereocenters. The number of methoxy groups -OCH3 is 1. The molecule has 2 aromatic carbocycles. The summed E-state index contributed by atoms with van der Waals surface area (Å²) in [5.41, 5.74) is 1.91. The van der Waals surface area contributed by atoms with E-state index in [9.17, 15) is 14.4 Å². The molecule has 33 heavy (non-hydrogen) atoms. The Balaban J connectivity index is 1.77. The van der Waals surface area contributed by atoms with E-state index in [1.807, 2.05) is 6.92 Å². The molecule has 7 nitrogen and oxygen atoms in total. The fraction of sp³-hybridized carbons (Fsp3) is 0.174. The first-order valence-corrected chi connectivity index (χ1v) is 11.5. The monoisotopic (exact) mass is 548 g/mol. The zero-order chi connectivity index (χ0) is 24.1. The minimum Gasteiger partial charge on any atom is -0.493 e. The number of anilines is 1. The van der Waals surface area contributed by atoms with E-state index in [2.05, 4.69) is 27.2 Å². The van der Waals surface area contributed by atoms with Crippen LogP contribution in [0.1, 0.15) is 11.1 Å². The van der Waals surface area contributed by atoms with Gasteiger partial charge in [-0.1, -0.05) is 23.6 Å². The second-order valence-electron chi connectivity index (χ2n) is 6.80. The van der Waals surface area contributed by atoms with Crippen molar-refractivity contribution in [2.45, 2.75) is 6.92 Å². The quantitative estimate of drug-likeness (QED) is 0.382. The molecule has 0 aromatic heterocycles. The van der Waals surface area contributed by atoms with E-state index >= 15 is 0 Å². The van der Waals surface area contributed by atoms with E-state index in [4.69, 9.17) is 27.5 Å². The lowest BCUT2D eigenvalue weighted by atomic mass is 10.2. The van der Waals surface area contributed by atoms with Crippen molar-refractivity contribution in [2.75, 3.05) is 25.6 Å². The third-order valence-corrected chi connectivity index (χ3v) is 6.23. The van der Waals surface area contributed by atoms with Crippen LogP contribution >= 0.6 is 39.3 Å². The number of carbonyl (C=O) groups is 3. The molecule has 1 aliphatic heterocycles. The number of thioether (sulfide) groups is 1. The Labute approximate surface area is 208 Å². The minimum atomic E-state index is -0.564. The van der Waals surface area contributed by atoms with Gasteiger partial charge in [-0.3, -0.25) is 19.3 Å². The molecule has 3 amide bonds. The first-order valence-electron chi connectivity index (χ1n) is 9.48. The van der Waals surface area contributed by atoms with Crippen LogP contribution < -0.4 is 14.8 Å². The number of terminal acetylenes is 1. The topological polar surface area (TPSA) is 84.9 Å². The fourth-order valence-corrected chi connectivity index (χ4v) is 4.51. The molecule has 10 heteroatoms. The van der Waals surface area contributed by atoms with Crippen LogP contribution in [-0.2, 0) is 9.59 Å². The first kappa shape index (κ1) is 24.7. The number of rotatable bonds is 7. The van der Waals surface area contributed by atoms with Crippen LogP contribution in [0.3, 0.4) is 0 Å². The van der Waals surface area contributed by atoms with Crippen molar-refractivity contribution in [1.82, 2.24) is 4.90 Å². The van der Waals surface area contributed by atoms with E-state index in [0.717, 1.165) is 22.2 Å². The SMILES string of the molecule is C#CCOc1c(Br)cc(/C=C2\SC(=O)N(CC(=O)Nc3cc(Cl)ccc3C)C2=O)cc1OC. The summed E-state index contributed by atoms with van der Waals surface area (Å²) in [4.78, 5) is 38.7. The lowest BCUT2D eigenvalue weighted by molar-refractivity contribution is -0.127. The highest BCUT2D eigenvalue weighted by Crippen LogP contribution is 2.39. The van der Waals surface area contributed by atoms with Crippen molar-refractivity contribution in [2.24, 2.45) is 0 Å². The third-order valence-electron chi connectivity index (χ3n) is 4.50. The molecule has 1 N–H and O–H groups in total. The second-order valence-corrected chi connectivity index (χ2v) is 9.09. The third kappa shape index (κ3) is 5.90. The van der Waals surface area contributed by atoms with Gasteiger partial charge >= 0.3 is 0 Å². The van der Waals surface area contributed by atoms with Crippen LogP contribution in [0.15, 0.2) is 39.7 Å². The Morgan fingerprint density at radius 2 is 2.09 bits per heavy atom. The van der Waals surface area contributed by atoms with Crippen LogP contribution in [0.5, 0.6) is 11.5 Å². The van der Waals surface area contributed by atoms with Gasteiger partial charge in [-0.2, -0.15) is 0 Å². The van der Waals surface area contributed by atoms with Crippen molar-refractivity contribution >= 4 is 68.1 Å². The number of hydrogen-bond donors (Lipinski definition) is 1. The Kier molecular flexibility index (Phi) is 8.08. The Bertz CT molecular complexity index is 1210. The normalized spacial score (nSPS) is 14.4. The van der Waals surface area contributed by atoms with E-state index in [0.29, 0.717) is 32.2 Å². The maximum absolute atomic E-state index is 12.8. The molecular weight excluding hydrogens is 532 g/mol. The molecule has 2 aromatic rings. The largest absolute Gasteiger partial charge is 0.493 e. The van der Waals surface area contributed by atoms with Gasteiger partial charge in [0, 0.05) is 10.7 Å². The summed E-state index contributed by atoms with van der Waals surface area (Å²) in [6.07, 6.45) is 6.78. The van der Waals surface area contributed by atoms with Gasteiger partial charge in [0.15, 0.2) is 11.5 Å². The molecule has 0 radical (unpaired) electrons. The standard InChI is InChI=1S/C23H18BrClN2O5S/c1-4-7-32-21-16(24)8-14(9-18(21)31-3)10-19-22(29)27(23(30)33-19)12-20(28)26-17-11-15(25)6-5-13(17)2/h1,5-6,8-11H,7,12H2,2-3H3,(H,26,28)/b19-10-. The smallest absolute Gasteiger partial charge is 0.294 e. The van der Waals surface area contributed by atoms with E-state index in [-0.39, 0.29) is 11.5 Å². The molecule has 0 spiro atoms. The average molecular weight is 550 g/mol. The number of nitrogens with zero attached hydrogens (tertiary/aromatic N) is 1. The Morgan fingerprint density at radius 3 is 2.79 bits per heavy atom. The van der Waals surface area contributed by atoms with Crippen molar-refractivity contribution in [3.63, 3.8) is 0 Å². The number of benzene rings is 2. The van der Waals surface area contributed by atoms with Crippen molar-refractivity contribution in [3.05, 3.63) is 55.9 Å². The number of ether oxygens (including phenoxy) is 2. The number of nitrogens with one attached hydrogen (secondary N) is 1. The zero-order valence-corrected chi connectivity index (χ0v) is 20.8. The number of amides is 3.